The highest BCUT2D eigenvalue weighted by Gasteiger charge is 2.52. The normalized spacial score (nSPS) is 17.6. The van der Waals surface area contributed by atoms with Gasteiger partial charge < -0.3 is 10.4 Å². The minimum absolute atomic E-state index is 0.194. The van der Waals surface area contributed by atoms with Crippen LogP contribution >= 0.6 is 0 Å². The molecule has 0 saturated heterocycles. The van der Waals surface area contributed by atoms with Crippen LogP contribution in [0.1, 0.15) is 32.3 Å². The van der Waals surface area contributed by atoms with Gasteiger partial charge in [-0.2, -0.15) is 0 Å². The standard InChI is InChI=1S/C15H18FNO3/c1-9(2)12(13(18)19)17-14(20)15(7-8-15)10-3-5-11(16)6-4-10/h3-6,9,12H,7-8H2,1-2H3,(H,17,20)(H,18,19). The van der Waals surface area contributed by atoms with Crippen LogP contribution in [0, 0.1) is 11.7 Å². The molecule has 1 unspecified atom stereocenters. The molecule has 0 heterocycles. The van der Waals surface area contributed by atoms with Gasteiger partial charge in [-0.05, 0) is 36.5 Å². The molecule has 0 aliphatic heterocycles. The Bertz CT molecular complexity index is 520. The second-order valence-electron chi connectivity index (χ2n) is 5.62. The molecule has 1 aromatic rings. The van der Waals surface area contributed by atoms with Gasteiger partial charge in [-0.15, -0.1) is 0 Å². The maximum absolute atomic E-state index is 12.9. The lowest BCUT2D eigenvalue weighted by atomic mass is 9.93. The van der Waals surface area contributed by atoms with Crippen molar-refractivity contribution in [3.8, 4) is 0 Å². The van der Waals surface area contributed by atoms with Gasteiger partial charge in [0.15, 0.2) is 0 Å². The number of hydrogen-bond donors (Lipinski definition) is 2. The molecule has 1 aliphatic carbocycles. The predicted molar refractivity (Wildman–Crippen MR) is 71.7 cm³/mol. The zero-order valence-corrected chi connectivity index (χ0v) is 11.5. The quantitative estimate of drug-likeness (QED) is 0.867. The van der Waals surface area contributed by atoms with E-state index in [1.807, 2.05) is 0 Å². The number of halogens is 1. The zero-order valence-electron chi connectivity index (χ0n) is 11.5. The van der Waals surface area contributed by atoms with Gasteiger partial charge in [0, 0.05) is 0 Å². The Morgan fingerprint density at radius 3 is 2.20 bits per heavy atom. The molecule has 1 saturated carbocycles. The number of amides is 1. The summed E-state index contributed by atoms with van der Waals surface area (Å²) in [4.78, 5) is 23.5. The molecule has 1 fully saturated rings. The molecular weight excluding hydrogens is 261 g/mol. The Balaban J connectivity index is 2.16. The van der Waals surface area contributed by atoms with Gasteiger partial charge >= 0.3 is 5.97 Å². The number of carboxylic acid groups (broad SMARTS) is 1. The van der Waals surface area contributed by atoms with E-state index in [-0.39, 0.29) is 17.6 Å². The molecule has 1 aromatic carbocycles. The van der Waals surface area contributed by atoms with Gasteiger partial charge in [0.25, 0.3) is 0 Å². The first-order valence-corrected chi connectivity index (χ1v) is 6.66. The minimum atomic E-state index is -1.04. The summed E-state index contributed by atoms with van der Waals surface area (Å²) < 4.78 is 12.9. The second-order valence-corrected chi connectivity index (χ2v) is 5.62. The lowest BCUT2D eigenvalue weighted by Gasteiger charge is -2.22. The third kappa shape index (κ3) is 2.66. The molecule has 20 heavy (non-hydrogen) atoms. The highest BCUT2D eigenvalue weighted by atomic mass is 19.1. The third-order valence-electron chi connectivity index (χ3n) is 3.80. The van der Waals surface area contributed by atoms with E-state index in [1.54, 1.807) is 26.0 Å². The van der Waals surface area contributed by atoms with Gasteiger partial charge in [-0.3, -0.25) is 4.79 Å². The van der Waals surface area contributed by atoms with Crippen molar-refractivity contribution in [3.63, 3.8) is 0 Å². The maximum Gasteiger partial charge on any atom is 0.326 e. The van der Waals surface area contributed by atoms with Crippen LogP contribution < -0.4 is 5.32 Å². The fourth-order valence-corrected chi connectivity index (χ4v) is 2.33. The molecule has 0 bridgehead atoms. The van der Waals surface area contributed by atoms with E-state index in [4.69, 9.17) is 5.11 Å². The second kappa shape index (κ2) is 5.23. The van der Waals surface area contributed by atoms with Crippen LogP contribution in [-0.2, 0) is 15.0 Å². The van der Waals surface area contributed by atoms with E-state index in [1.165, 1.54) is 12.1 Å². The van der Waals surface area contributed by atoms with Crippen molar-refractivity contribution in [1.29, 1.82) is 0 Å². The van der Waals surface area contributed by atoms with Gasteiger partial charge in [0.05, 0.1) is 5.41 Å². The molecule has 0 spiro atoms. The Morgan fingerprint density at radius 2 is 1.80 bits per heavy atom. The first kappa shape index (κ1) is 14.5. The van der Waals surface area contributed by atoms with E-state index in [0.717, 1.165) is 5.56 Å². The molecular formula is C15H18FNO3. The van der Waals surface area contributed by atoms with Crippen molar-refractivity contribution in [2.24, 2.45) is 5.92 Å². The topological polar surface area (TPSA) is 66.4 Å². The Morgan fingerprint density at radius 1 is 1.25 bits per heavy atom. The highest BCUT2D eigenvalue weighted by Crippen LogP contribution is 2.48. The molecule has 0 radical (unpaired) electrons. The lowest BCUT2D eigenvalue weighted by molar-refractivity contribution is -0.143. The smallest absolute Gasteiger partial charge is 0.326 e. The van der Waals surface area contributed by atoms with Crippen LogP contribution in [0.3, 0.4) is 0 Å². The summed E-state index contributed by atoms with van der Waals surface area (Å²) in [6.45, 7) is 3.49. The van der Waals surface area contributed by atoms with Crippen LogP contribution in [0.4, 0.5) is 4.39 Å². The Hall–Kier alpha value is -1.91. The highest BCUT2D eigenvalue weighted by molar-refractivity contribution is 5.94. The number of aliphatic carboxylic acids is 1. The minimum Gasteiger partial charge on any atom is -0.480 e. The van der Waals surface area contributed by atoms with Crippen molar-refractivity contribution in [1.82, 2.24) is 5.32 Å². The largest absolute Gasteiger partial charge is 0.480 e. The summed E-state index contributed by atoms with van der Waals surface area (Å²) in [6, 6.07) is 4.92. The van der Waals surface area contributed by atoms with E-state index < -0.39 is 17.4 Å². The summed E-state index contributed by atoms with van der Waals surface area (Å²) in [5.74, 6) is -1.87. The predicted octanol–water partition coefficient (Wildman–Crippen LogP) is 2.08. The average molecular weight is 279 g/mol. The third-order valence-corrected chi connectivity index (χ3v) is 3.80. The summed E-state index contributed by atoms with van der Waals surface area (Å²) >= 11 is 0. The number of rotatable bonds is 5. The Kier molecular flexibility index (Phi) is 3.79. The van der Waals surface area contributed by atoms with Crippen molar-refractivity contribution in [2.45, 2.75) is 38.1 Å². The number of carbonyl (C=O) groups excluding carboxylic acids is 1. The van der Waals surface area contributed by atoms with Gasteiger partial charge in [-0.1, -0.05) is 26.0 Å². The van der Waals surface area contributed by atoms with Crippen LogP contribution in [0.2, 0.25) is 0 Å². The average Bonchev–Trinajstić information content (AvgIpc) is 3.17. The van der Waals surface area contributed by atoms with E-state index >= 15 is 0 Å². The van der Waals surface area contributed by atoms with Gasteiger partial charge in [0.1, 0.15) is 11.9 Å². The molecule has 1 aliphatic rings. The number of hydrogen-bond acceptors (Lipinski definition) is 2. The molecule has 4 nitrogen and oxygen atoms in total. The van der Waals surface area contributed by atoms with Crippen LogP contribution in [0.15, 0.2) is 24.3 Å². The van der Waals surface area contributed by atoms with E-state index in [2.05, 4.69) is 5.32 Å². The number of nitrogens with one attached hydrogen (secondary N) is 1. The Labute approximate surface area is 117 Å². The van der Waals surface area contributed by atoms with Crippen LogP contribution in [0.5, 0.6) is 0 Å². The van der Waals surface area contributed by atoms with E-state index in [0.29, 0.717) is 12.8 Å². The first-order valence-electron chi connectivity index (χ1n) is 6.66. The SMILES string of the molecule is CC(C)C(NC(=O)C1(c2ccc(F)cc2)CC1)C(=O)O. The van der Waals surface area contributed by atoms with E-state index in [9.17, 15) is 14.0 Å². The molecule has 2 rings (SSSR count). The lowest BCUT2D eigenvalue weighted by Crippen LogP contribution is -2.48. The molecule has 1 amide bonds. The molecule has 2 N–H and O–H groups in total. The molecule has 1 atom stereocenters. The summed E-state index contributed by atoms with van der Waals surface area (Å²) in [5.41, 5.74) is 0.0559. The molecule has 108 valence electrons. The van der Waals surface area contributed by atoms with Crippen LogP contribution in [-0.4, -0.2) is 23.0 Å². The first-order chi connectivity index (χ1) is 9.36. The van der Waals surface area contributed by atoms with Crippen molar-refractivity contribution in [2.75, 3.05) is 0 Å². The maximum atomic E-state index is 12.9. The fraction of sp³-hybridized carbons (Fsp3) is 0.467. The van der Waals surface area contributed by atoms with Crippen molar-refractivity contribution in [3.05, 3.63) is 35.6 Å². The van der Waals surface area contributed by atoms with Gasteiger partial charge in [-0.25, -0.2) is 9.18 Å². The van der Waals surface area contributed by atoms with Crippen molar-refractivity contribution < 1.29 is 19.1 Å². The summed E-state index contributed by atoms with van der Waals surface area (Å²) in [6.07, 6.45) is 1.32. The summed E-state index contributed by atoms with van der Waals surface area (Å²) in [7, 11) is 0. The number of carbonyl (C=O) groups is 2. The van der Waals surface area contributed by atoms with Crippen LogP contribution in [0.25, 0.3) is 0 Å². The van der Waals surface area contributed by atoms with Crippen molar-refractivity contribution >= 4 is 11.9 Å². The molecule has 5 heteroatoms. The fourth-order valence-electron chi connectivity index (χ4n) is 2.33. The monoisotopic (exact) mass is 279 g/mol. The number of carboxylic acids is 1. The van der Waals surface area contributed by atoms with Gasteiger partial charge in [0.2, 0.25) is 5.91 Å². The number of benzene rings is 1. The molecule has 0 aromatic heterocycles. The zero-order chi connectivity index (χ0) is 14.9. The summed E-state index contributed by atoms with van der Waals surface area (Å²) in [5, 5.41) is 11.7.